The van der Waals surface area contributed by atoms with E-state index in [1.807, 2.05) is 24.3 Å². The van der Waals surface area contributed by atoms with Crippen LogP contribution in [0.25, 0.3) is 22.3 Å². The molecule has 9 heteroatoms. The molecule has 0 saturated heterocycles. The number of rotatable bonds is 7. The Balaban J connectivity index is 1.68. The summed E-state index contributed by atoms with van der Waals surface area (Å²) >= 11 is 3.34. The van der Waals surface area contributed by atoms with Crippen LogP contribution in [0.3, 0.4) is 0 Å². The number of cyclic esters (lactones) is 1. The first-order valence-electron chi connectivity index (χ1n) is 11.7. The van der Waals surface area contributed by atoms with Gasteiger partial charge in [0.15, 0.2) is 0 Å². The van der Waals surface area contributed by atoms with Crippen LogP contribution in [-0.2, 0) is 44.4 Å². The number of carbonyl (C=O) groups excluding carboxylic acids is 2. The Morgan fingerprint density at radius 2 is 2.06 bits per heavy atom. The van der Waals surface area contributed by atoms with E-state index in [1.165, 1.54) is 0 Å². The number of aliphatic hydroxyl groups is 1. The molecule has 1 N–H and O–H groups in total. The number of halogens is 1. The van der Waals surface area contributed by atoms with Crippen molar-refractivity contribution >= 4 is 38.8 Å². The van der Waals surface area contributed by atoms with Gasteiger partial charge in [0.25, 0.3) is 5.56 Å². The van der Waals surface area contributed by atoms with Crippen LogP contribution in [0, 0.1) is 0 Å². The summed E-state index contributed by atoms with van der Waals surface area (Å²) in [5.41, 5.74) is 1.96. The lowest BCUT2D eigenvalue weighted by Gasteiger charge is -2.35. The zero-order valence-electron chi connectivity index (χ0n) is 19.3. The van der Waals surface area contributed by atoms with Gasteiger partial charge in [-0.05, 0) is 37.0 Å². The van der Waals surface area contributed by atoms with Crippen molar-refractivity contribution in [3.63, 3.8) is 0 Å². The largest absolute Gasteiger partial charge is 0.457 e. The first-order valence-corrected chi connectivity index (χ1v) is 12.8. The van der Waals surface area contributed by atoms with Crippen molar-refractivity contribution in [2.45, 2.75) is 58.0 Å². The van der Waals surface area contributed by atoms with Gasteiger partial charge in [-0.25, -0.2) is 9.78 Å². The van der Waals surface area contributed by atoms with Gasteiger partial charge in [-0.1, -0.05) is 41.1 Å². The summed E-state index contributed by atoms with van der Waals surface area (Å²) in [4.78, 5) is 44.1. The van der Waals surface area contributed by atoms with Crippen LogP contribution >= 0.6 is 15.9 Å². The topological polar surface area (TPSA) is 108 Å². The summed E-state index contributed by atoms with van der Waals surface area (Å²) in [5, 5.41) is 11.8. The molecule has 8 nitrogen and oxygen atoms in total. The lowest BCUT2D eigenvalue weighted by atomic mass is 9.85. The molecule has 0 aliphatic carbocycles. The van der Waals surface area contributed by atoms with Gasteiger partial charge in [-0.2, -0.15) is 0 Å². The number of fused-ring (bicyclic) bond motifs is 5. The van der Waals surface area contributed by atoms with E-state index in [4.69, 9.17) is 14.5 Å². The fourth-order valence-electron chi connectivity index (χ4n) is 5.06. The van der Waals surface area contributed by atoms with Crippen LogP contribution in [0.15, 0.2) is 35.1 Å². The summed E-state index contributed by atoms with van der Waals surface area (Å²) in [6, 6.07) is 9.24. The van der Waals surface area contributed by atoms with Gasteiger partial charge in [0, 0.05) is 28.3 Å². The highest BCUT2D eigenvalue weighted by Gasteiger charge is 2.50. The first-order chi connectivity index (χ1) is 16.9. The summed E-state index contributed by atoms with van der Waals surface area (Å²) in [6.07, 6.45) is 1.71. The molecule has 2 aliphatic rings. The Kier molecular flexibility index (Phi) is 6.23. The number of alkyl halides is 1. The monoisotopic (exact) mass is 540 g/mol. The number of aliphatic hydroxyl groups excluding tert-OH is 1. The quantitative estimate of drug-likeness (QED) is 0.216. The molecule has 3 aromatic rings. The summed E-state index contributed by atoms with van der Waals surface area (Å²) in [5.74, 6) is -1.18. The fraction of sp³-hybridized carbons (Fsp3) is 0.385. The Morgan fingerprint density at radius 3 is 2.80 bits per heavy atom. The third kappa shape index (κ3) is 3.68. The number of pyridine rings is 2. The Labute approximate surface area is 210 Å². The minimum atomic E-state index is -1.69. The van der Waals surface area contributed by atoms with Crippen molar-refractivity contribution in [2.24, 2.45) is 0 Å². The van der Waals surface area contributed by atoms with Crippen LogP contribution in [0.5, 0.6) is 0 Å². The maximum absolute atomic E-state index is 13.6. The molecule has 0 radical (unpaired) electrons. The predicted molar refractivity (Wildman–Crippen MR) is 132 cm³/mol. The molecule has 1 atom stereocenters. The Bertz CT molecular complexity index is 1420. The van der Waals surface area contributed by atoms with Gasteiger partial charge in [0.2, 0.25) is 5.60 Å². The fourth-order valence-corrected chi connectivity index (χ4v) is 5.46. The minimum Gasteiger partial charge on any atom is -0.457 e. The molecule has 5 rings (SSSR count). The average molecular weight is 541 g/mol. The smallest absolute Gasteiger partial charge is 0.355 e. The zero-order chi connectivity index (χ0) is 24.7. The second-order valence-corrected chi connectivity index (χ2v) is 9.58. The van der Waals surface area contributed by atoms with E-state index in [-0.39, 0.29) is 38.2 Å². The van der Waals surface area contributed by atoms with E-state index in [1.54, 1.807) is 17.6 Å². The second kappa shape index (κ2) is 9.20. The molecule has 0 spiro atoms. The number of hydrogen-bond donors (Lipinski definition) is 1. The summed E-state index contributed by atoms with van der Waals surface area (Å²) in [7, 11) is 0. The number of carbonyl (C=O) groups is 2. The van der Waals surface area contributed by atoms with Crippen molar-refractivity contribution in [1.82, 2.24) is 9.55 Å². The van der Waals surface area contributed by atoms with Crippen LogP contribution in [0.2, 0.25) is 0 Å². The molecule has 35 heavy (non-hydrogen) atoms. The van der Waals surface area contributed by atoms with Gasteiger partial charge in [0.05, 0.1) is 35.6 Å². The number of esters is 2. The molecular weight excluding hydrogens is 516 g/mol. The molecule has 182 valence electrons. The lowest BCUT2D eigenvalue weighted by molar-refractivity contribution is -0.189. The van der Waals surface area contributed by atoms with E-state index >= 15 is 0 Å². The maximum Gasteiger partial charge on any atom is 0.355 e. The molecule has 0 amide bonds. The standard InChI is InChI=1S/C26H25BrN2O6/c1-2-26(35-22(31)9-5-6-10-27)19-11-21-23-16(12-29(21)24(32)18(19)14-34-25(26)33)17(13-30)15-7-3-4-8-20(15)28-23/h3-4,7-8,11,30H,2,5-6,9-10,12-14H2,1H3/t26-/m0/s1. The van der Waals surface area contributed by atoms with E-state index < -0.39 is 17.5 Å². The van der Waals surface area contributed by atoms with E-state index in [9.17, 15) is 19.5 Å². The molecule has 2 aromatic heterocycles. The number of hydrogen-bond acceptors (Lipinski definition) is 7. The second-order valence-electron chi connectivity index (χ2n) is 8.78. The third-order valence-corrected chi connectivity index (χ3v) is 7.45. The van der Waals surface area contributed by atoms with Gasteiger partial charge in [0.1, 0.15) is 6.61 Å². The van der Waals surface area contributed by atoms with Crippen molar-refractivity contribution in [2.75, 3.05) is 5.33 Å². The number of ether oxygens (including phenoxy) is 2. The first kappa shape index (κ1) is 23.7. The van der Waals surface area contributed by atoms with Crippen molar-refractivity contribution in [3.8, 4) is 11.4 Å². The minimum absolute atomic E-state index is 0.131. The number of unbranched alkanes of at least 4 members (excludes halogenated alkanes) is 1. The Hall–Kier alpha value is -3.04. The highest BCUT2D eigenvalue weighted by Crippen LogP contribution is 2.42. The Morgan fingerprint density at radius 1 is 1.26 bits per heavy atom. The van der Waals surface area contributed by atoms with Gasteiger partial charge >= 0.3 is 11.9 Å². The number of nitrogens with zero attached hydrogens (tertiary/aromatic N) is 2. The lowest BCUT2D eigenvalue weighted by Crippen LogP contribution is -2.47. The number of benzene rings is 1. The van der Waals surface area contributed by atoms with Crippen LogP contribution in [-0.4, -0.2) is 31.9 Å². The van der Waals surface area contributed by atoms with Crippen molar-refractivity contribution in [1.29, 1.82) is 0 Å². The van der Waals surface area contributed by atoms with Gasteiger partial charge in [-0.15, -0.1) is 0 Å². The average Bonchev–Trinajstić information content (AvgIpc) is 3.23. The molecule has 0 saturated carbocycles. The van der Waals surface area contributed by atoms with Crippen molar-refractivity contribution in [3.05, 3.63) is 62.9 Å². The van der Waals surface area contributed by atoms with Gasteiger partial charge < -0.3 is 19.1 Å². The molecule has 4 heterocycles. The highest BCUT2D eigenvalue weighted by molar-refractivity contribution is 9.09. The molecule has 0 unspecified atom stereocenters. The van der Waals surface area contributed by atoms with Crippen LogP contribution in [0.4, 0.5) is 0 Å². The van der Waals surface area contributed by atoms with E-state index in [0.29, 0.717) is 34.5 Å². The summed E-state index contributed by atoms with van der Waals surface area (Å²) < 4.78 is 12.8. The molecule has 0 bridgehead atoms. The van der Waals surface area contributed by atoms with Gasteiger partial charge in [-0.3, -0.25) is 9.59 Å². The van der Waals surface area contributed by atoms with Crippen LogP contribution in [0.1, 0.15) is 54.9 Å². The molecule has 2 aliphatic heterocycles. The van der Waals surface area contributed by atoms with Crippen molar-refractivity contribution < 1.29 is 24.2 Å². The highest BCUT2D eigenvalue weighted by atomic mass is 79.9. The summed E-state index contributed by atoms with van der Waals surface area (Å²) in [6.45, 7) is 1.61. The predicted octanol–water partition coefficient (Wildman–Crippen LogP) is 3.69. The SMILES string of the molecule is CC[C@@]1(OC(=O)CCCCBr)C(=O)OCc2c1cc1n(c2=O)Cc2c-1nc1ccccc1c2CO. The van der Waals surface area contributed by atoms with Crippen LogP contribution < -0.4 is 5.56 Å². The molecule has 1 aromatic carbocycles. The molecule has 0 fully saturated rings. The normalized spacial score (nSPS) is 18.1. The van der Waals surface area contributed by atoms with E-state index in [2.05, 4.69) is 15.9 Å². The third-order valence-electron chi connectivity index (χ3n) is 6.89. The zero-order valence-corrected chi connectivity index (χ0v) is 20.9. The maximum atomic E-state index is 13.6. The molecular formula is C26H25BrN2O6. The number of aromatic nitrogens is 2. The van der Waals surface area contributed by atoms with E-state index in [0.717, 1.165) is 28.3 Å². The number of para-hydroxylation sites is 1.